The van der Waals surface area contributed by atoms with Crippen LogP contribution < -0.4 is 4.74 Å². The van der Waals surface area contributed by atoms with Crippen molar-refractivity contribution in [3.63, 3.8) is 0 Å². The molecule has 1 aliphatic rings. The minimum absolute atomic E-state index is 0.103. The summed E-state index contributed by atoms with van der Waals surface area (Å²) in [6.45, 7) is 1.98. The average Bonchev–Trinajstić information content (AvgIpc) is 2.37. The van der Waals surface area contributed by atoms with Crippen molar-refractivity contribution in [1.82, 2.24) is 0 Å². The molecule has 0 radical (unpaired) electrons. The van der Waals surface area contributed by atoms with E-state index in [4.69, 9.17) is 9.84 Å². The van der Waals surface area contributed by atoms with Gasteiger partial charge in [0.15, 0.2) is 0 Å². The van der Waals surface area contributed by atoms with Gasteiger partial charge in [-0.15, -0.1) is 0 Å². The van der Waals surface area contributed by atoms with Crippen LogP contribution in [0.15, 0.2) is 18.2 Å². The third-order valence-electron chi connectivity index (χ3n) is 2.70. The van der Waals surface area contributed by atoms with Crippen LogP contribution in [-0.2, 0) is 6.42 Å². The standard InChI is InChI=1S/C12H14O3/c1-8-4-2-5-9-6-3-7-10(12(13)14)11(9)15-8/h3,6-8H,2,4-5H2,1H3,(H,13,14). The molecule has 1 heterocycles. The molecular formula is C12H14O3. The van der Waals surface area contributed by atoms with Gasteiger partial charge in [-0.05, 0) is 37.8 Å². The maximum atomic E-state index is 11.0. The van der Waals surface area contributed by atoms with Crippen molar-refractivity contribution < 1.29 is 14.6 Å². The molecular weight excluding hydrogens is 192 g/mol. The van der Waals surface area contributed by atoms with Crippen LogP contribution in [0.3, 0.4) is 0 Å². The summed E-state index contributed by atoms with van der Waals surface area (Å²) in [6, 6.07) is 5.32. The Morgan fingerprint density at radius 2 is 2.33 bits per heavy atom. The summed E-state index contributed by atoms with van der Waals surface area (Å²) in [5.74, 6) is -0.351. The molecule has 80 valence electrons. The zero-order valence-corrected chi connectivity index (χ0v) is 8.69. The third-order valence-corrected chi connectivity index (χ3v) is 2.70. The molecule has 0 spiro atoms. The number of benzene rings is 1. The lowest BCUT2D eigenvalue weighted by Gasteiger charge is -2.14. The predicted molar refractivity (Wildman–Crippen MR) is 56.4 cm³/mol. The van der Waals surface area contributed by atoms with Gasteiger partial charge in [-0.1, -0.05) is 12.1 Å². The Labute approximate surface area is 88.7 Å². The minimum Gasteiger partial charge on any atom is -0.490 e. The van der Waals surface area contributed by atoms with E-state index < -0.39 is 5.97 Å². The van der Waals surface area contributed by atoms with Gasteiger partial charge in [0.25, 0.3) is 0 Å². The van der Waals surface area contributed by atoms with Crippen molar-refractivity contribution in [2.45, 2.75) is 32.3 Å². The van der Waals surface area contributed by atoms with Crippen LogP contribution in [0.2, 0.25) is 0 Å². The minimum atomic E-state index is -0.916. The molecule has 1 aromatic rings. The van der Waals surface area contributed by atoms with Crippen molar-refractivity contribution in [1.29, 1.82) is 0 Å². The second-order valence-corrected chi connectivity index (χ2v) is 3.92. The van der Waals surface area contributed by atoms with Crippen molar-refractivity contribution in [2.24, 2.45) is 0 Å². The maximum Gasteiger partial charge on any atom is 0.339 e. The lowest BCUT2D eigenvalue weighted by Crippen LogP contribution is -2.12. The van der Waals surface area contributed by atoms with Gasteiger partial charge >= 0.3 is 5.97 Å². The second kappa shape index (κ2) is 3.93. The van der Waals surface area contributed by atoms with Gasteiger partial charge in [0.05, 0.1) is 6.10 Å². The number of carboxylic acid groups (broad SMARTS) is 1. The van der Waals surface area contributed by atoms with E-state index in [1.807, 2.05) is 13.0 Å². The largest absolute Gasteiger partial charge is 0.490 e. The molecule has 0 aromatic heterocycles. The molecule has 1 atom stereocenters. The summed E-state index contributed by atoms with van der Waals surface area (Å²) in [6.07, 6.45) is 3.04. The zero-order chi connectivity index (χ0) is 10.8. The first-order valence-electron chi connectivity index (χ1n) is 5.20. The number of fused-ring (bicyclic) bond motifs is 1. The highest BCUT2D eigenvalue weighted by Crippen LogP contribution is 2.30. The van der Waals surface area contributed by atoms with Gasteiger partial charge in [0.2, 0.25) is 0 Å². The van der Waals surface area contributed by atoms with Gasteiger partial charge in [0.1, 0.15) is 11.3 Å². The van der Waals surface area contributed by atoms with E-state index in [1.54, 1.807) is 12.1 Å². The molecule has 0 bridgehead atoms. The van der Waals surface area contributed by atoms with Crippen LogP contribution in [0.5, 0.6) is 5.75 Å². The summed E-state index contributed by atoms with van der Waals surface area (Å²) < 4.78 is 5.67. The molecule has 0 fully saturated rings. The van der Waals surface area contributed by atoms with Crippen molar-refractivity contribution in [3.8, 4) is 5.75 Å². The molecule has 0 amide bonds. The first-order valence-corrected chi connectivity index (χ1v) is 5.20. The predicted octanol–water partition coefficient (Wildman–Crippen LogP) is 2.49. The van der Waals surface area contributed by atoms with Gasteiger partial charge in [-0.2, -0.15) is 0 Å². The summed E-state index contributed by atoms with van der Waals surface area (Å²) >= 11 is 0. The molecule has 0 saturated carbocycles. The smallest absolute Gasteiger partial charge is 0.339 e. The van der Waals surface area contributed by atoms with E-state index in [1.165, 1.54) is 0 Å². The number of rotatable bonds is 1. The monoisotopic (exact) mass is 206 g/mol. The number of para-hydroxylation sites is 1. The van der Waals surface area contributed by atoms with Gasteiger partial charge in [0, 0.05) is 0 Å². The van der Waals surface area contributed by atoms with Crippen molar-refractivity contribution >= 4 is 5.97 Å². The van der Waals surface area contributed by atoms with E-state index in [2.05, 4.69) is 0 Å². The summed E-state index contributed by atoms with van der Waals surface area (Å²) in [5.41, 5.74) is 1.29. The number of aryl methyl sites for hydroxylation is 1. The van der Waals surface area contributed by atoms with E-state index >= 15 is 0 Å². The zero-order valence-electron chi connectivity index (χ0n) is 8.69. The van der Waals surface area contributed by atoms with Crippen molar-refractivity contribution in [3.05, 3.63) is 29.3 Å². The van der Waals surface area contributed by atoms with Crippen LogP contribution in [0.4, 0.5) is 0 Å². The SMILES string of the molecule is CC1CCCc2cccc(C(=O)O)c2O1. The number of hydrogen-bond acceptors (Lipinski definition) is 2. The van der Waals surface area contributed by atoms with E-state index in [0.29, 0.717) is 5.75 Å². The van der Waals surface area contributed by atoms with Crippen LogP contribution in [0.1, 0.15) is 35.7 Å². The number of carbonyl (C=O) groups is 1. The Balaban J connectivity index is 2.47. The lowest BCUT2D eigenvalue weighted by molar-refractivity contribution is 0.0690. The molecule has 1 aliphatic heterocycles. The molecule has 1 N–H and O–H groups in total. The quantitative estimate of drug-likeness (QED) is 0.767. The first kappa shape index (κ1) is 10.0. The fraction of sp³-hybridized carbons (Fsp3) is 0.417. The van der Waals surface area contributed by atoms with Gasteiger partial charge < -0.3 is 9.84 Å². The number of hydrogen-bond donors (Lipinski definition) is 1. The third kappa shape index (κ3) is 1.96. The molecule has 15 heavy (non-hydrogen) atoms. The molecule has 1 aromatic carbocycles. The Morgan fingerprint density at radius 1 is 1.53 bits per heavy atom. The van der Waals surface area contributed by atoms with Crippen molar-refractivity contribution in [2.75, 3.05) is 0 Å². The van der Waals surface area contributed by atoms with Gasteiger partial charge in [-0.25, -0.2) is 4.79 Å². The first-order chi connectivity index (χ1) is 7.18. The fourth-order valence-corrected chi connectivity index (χ4v) is 1.93. The Hall–Kier alpha value is -1.51. The van der Waals surface area contributed by atoms with E-state index in [-0.39, 0.29) is 11.7 Å². The van der Waals surface area contributed by atoms with Gasteiger partial charge in [-0.3, -0.25) is 0 Å². The Kier molecular flexibility index (Phi) is 2.62. The summed E-state index contributed by atoms with van der Waals surface area (Å²) in [7, 11) is 0. The number of carboxylic acids is 1. The van der Waals surface area contributed by atoms with Crippen LogP contribution in [-0.4, -0.2) is 17.2 Å². The highest BCUT2D eigenvalue weighted by molar-refractivity contribution is 5.91. The summed E-state index contributed by atoms with van der Waals surface area (Å²) in [4.78, 5) is 11.0. The molecule has 0 saturated heterocycles. The second-order valence-electron chi connectivity index (χ2n) is 3.92. The Morgan fingerprint density at radius 3 is 3.07 bits per heavy atom. The molecule has 2 rings (SSSR count). The fourth-order valence-electron chi connectivity index (χ4n) is 1.93. The normalized spacial score (nSPS) is 19.9. The Bertz CT molecular complexity index is 384. The van der Waals surface area contributed by atoms with E-state index in [9.17, 15) is 4.79 Å². The molecule has 1 unspecified atom stereocenters. The average molecular weight is 206 g/mol. The molecule has 3 nitrogen and oxygen atoms in total. The van der Waals surface area contributed by atoms with Crippen LogP contribution >= 0.6 is 0 Å². The topological polar surface area (TPSA) is 46.5 Å². The number of ether oxygens (including phenoxy) is 1. The number of aromatic carboxylic acids is 1. The summed E-state index contributed by atoms with van der Waals surface area (Å²) in [5, 5.41) is 9.04. The van der Waals surface area contributed by atoms with Crippen LogP contribution in [0.25, 0.3) is 0 Å². The molecule has 0 aliphatic carbocycles. The van der Waals surface area contributed by atoms with E-state index in [0.717, 1.165) is 24.8 Å². The maximum absolute atomic E-state index is 11.0. The molecule has 3 heteroatoms. The van der Waals surface area contributed by atoms with Crippen LogP contribution in [0, 0.1) is 0 Å². The highest BCUT2D eigenvalue weighted by Gasteiger charge is 2.20. The lowest BCUT2D eigenvalue weighted by atomic mass is 10.0. The highest BCUT2D eigenvalue weighted by atomic mass is 16.5.